The topological polar surface area (TPSA) is 194 Å². The highest BCUT2D eigenvalue weighted by Crippen LogP contribution is 2.36. The molecule has 3 aromatic heterocycles. The molecule has 0 spiro atoms. The Kier molecular flexibility index (Phi) is 15.2. The van der Waals surface area contributed by atoms with E-state index in [2.05, 4.69) is 43.0 Å². The van der Waals surface area contributed by atoms with E-state index in [0.29, 0.717) is 81.0 Å². The van der Waals surface area contributed by atoms with Gasteiger partial charge in [-0.25, -0.2) is 18.3 Å². The van der Waals surface area contributed by atoms with E-state index in [1.807, 2.05) is 42.2 Å². The number of benzene rings is 2. The molecular formula is C54H60F2N10O6. The van der Waals surface area contributed by atoms with Crippen LogP contribution in [0.4, 0.5) is 20.3 Å². The first-order valence-corrected chi connectivity index (χ1v) is 25.2. The van der Waals surface area contributed by atoms with E-state index in [-0.39, 0.29) is 48.2 Å². The minimum Gasteiger partial charge on any atom is -0.492 e. The predicted octanol–water partition coefficient (Wildman–Crippen LogP) is 6.40. The van der Waals surface area contributed by atoms with Crippen molar-refractivity contribution >= 4 is 46.4 Å². The van der Waals surface area contributed by atoms with Gasteiger partial charge in [0.1, 0.15) is 34.8 Å². The average molecular weight is 983 g/mol. The molecule has 9 rings (SSSR count). The van der Waals surface area contributed by atoms with E-state index < -0.39 is 28.6 Å². The Balaban J connectivity index is 0.756. The number of Topliss-reactive ketones (excluding diaryl/α,β-unsaturated/α-hetero) is 1. The van der Waals surface area contributed by atoms with Crippen molar-refractivity contribution in [3.05, 3.63) is 107 Å². The van der Waals surface area contributed by atoms with Crippen molar-refractivity contribution < 1.29 is 37.5 Å². The Bertz CT molecular complexity index is 2890. The number of hydrogen-bond donors (Lipinski definition) is 3. The summed E-state index contributed by atoms with van der Waals surface area (Å²) in [6.07, 6.45) is 11.4. The largest absolute Gasteiger partial charge is 0.492 e. The second kappa shape index (κ2) is 22.0. The van der Waals surface area contributed by atoms with Crippen LogP contribution in [-0.2, 0) is 20.8 Å². The number of ether oxygens (including phenoxy) is 1. The summed E-state index contributed by atoms with van der Waals surface area (Å²) < 4.78 is 36.4. The lowest BCUT2D eigenvalue weighted by atomic mass is 9.80. The van der Waals surface area contributed by atoms with Crippen molar-refractivity contribution in [3.8, 4) is 22.9 Å². The summed E-state index contributed by atoms with van der Waals surface area (Å²) in [5.74, 6) is -2.24. The normalized spacial score (nSPS) is 19.3. The number of pyridine rings is 2. The van der Waals surface area contributed by atoms with E-state index >= 15 is 0 Å². The molecule has 6 heterocycles. The van der Waals surface area contributed by atoms with E-state index in [1.54, 1.807) is 16.9 Å². The van der Waals surface area contributed by atoms with Crippen LogP contribution in [0.25, 0.3) is 16.6 Å². The van der Waals surface area contributed by atoms with Crippen LogP contribution >= 0.6 is 0 Å². The van der Waals surface area contributed by atoms with Crippen LogP contribution in [0.3, 0.4) is 0 Å². The minimum atomic E-state index is -1.39. The number of halogens is 2. The molecule has 2 unspecified atom stereocenters. The van der Waals surface area contributed by atoms with Gasteiger partial charge in [0, 0.05) is 93.1 Å². The number of nitrogens with zero attached hydrogens (tertiary/aromatic N) is 7. The molecule has 0 radical (unpaired) electrons. The Morgan fingerprint density at radius 1 is 0.889 bits per heavy atom. The monoisotopic (exact) mass is 982 g/mol. The summed E-state index contributed by atoms with van der Waals surface area (Å²) in [4.78, 5) is 76.8. The summed E-state index contributed by atoms with van der Waals surface area (Å²) >= 11 is 0. The zero-order valence-electron chi connectivity index (χ0n) is 40.6. The molecular weight excluding hydrogens is 923 g/mol. The van der Waals surface area contributed by atoms with Gasteiger partial charge in [0.2, 0.25) is 17.7 Å². The first-order chi connectivity index (χ1) is 34.9. The number of imide groups is 1. The highest BCUT2D eigenvalue weighted by molar-refractivity contribution is 6.01. The number of nitrogens with one attached hydrogen (secondary N) is 3. The number of piperazine rings is 1. The molecule has 2 atom stereocenters. The molecule has 0 saturated carbocycles. The summed E-state index contributed by atoms with van der Waals surface area (Å²) in [6, 6.07) is 16.6. The van der Waals surface area contributed by atoms with E-state index in [9.17, 15) is 38.0 Å². The quantitative estimate of drug-likeness (QED) is 0.0561. The molecule has 4 amide bonds. The van der Waals surface area contributed by atoms with Crippen molar-refractivity contribution in [3.63, 3.8) is 0 Å². The Morgan fingerprint density at radius 3 is 2.44 bits per heavy atom. The molecule has 4 aliphatic rings. The Labute approximate surface area is 417 Å². The van der Waals surface area contributed by atoms with Crippen molar-refractivity contribution in [2.24, 2.45) is 11.8 Å². The maximum Gasteiger partial charge on any atom is 0.255 e. The number of carbonyl (C=O) groups is 5. The number of fused-ring (bicyclic) bond motifs is 2. The van der Waals surface area contributed by atoms with Crippen LogP contribution in [0, 0.1) is 34.8 Å². The summed E-state index contributed by atoms with van der Waals surface area (Å²) in [5.41, 5.74) is 3.47. The minimum absolute atomic E-state index is 0.0183. The number of aromatic nitrogens is 3. The fraction of sp³-hybridized carbons (Fsp3) is 0.444. The van der Waals surface area contributed by atoms with Crippen molar-refractivity contribution in [2.45, 2.75) is 83.1 Å². The van der Waals surface area contributed by atoms with Gasteiger partial charge in [-0.15, -0.1) is 0 Å². The third-order valence-corrected chi connectivity index (χ3v) is 14.9. The maximum atomic E-state index is 14.8. The van der Waals surface area contributed by atoms with Crippen molar-refractivity contribution in [1.82, 2.24) is 35.4 Å². The zero-order valence-corrected chi connectivity index (χ0v) is 40.6. The number of unbranched alkanes of at least 4 members (excludes halogenated alkanes) is 3. The molecule has 3 aliphatic heterocycles. The van der Waals surface area contributed by atoms with E-state index in [0.717, 1.165) is 105 Å². The van der Waals surface area contributed by atoms with Crippen LogP contribution in [0.1, 0.15) is 103 Å². The molecule has 376 valence electrons. The van der Waals surface area contributed by atoms with Crippen molar-refractivity contribution in [2.75, 3.05) is 68.8 Å². The molecule has 18 heteroatoms. The molecule has 2 aromatic carbocycles. The van der Waals surface area contributed by atoms with Gasteiger partial charge in [0.15, 0.2) is 5.78 Å². The number of amides is 4. The van der Waals surface area contributed by atoms with Gasteiger partial charge < -0.3 is 25.2 Å². The molecule has 1 aliphatic carbocycles. The van der Waals surface area contributed by atoms with Crippen LogP contribution in [-0.4, -0.2) is 113 Å². The van der Waals surface area contributed by atoms with E-state index in [4.69, 9.17) is 9.72 Å². The number of ketones is 1. The Hall–Kier alpha value is -7.26. The standard InChI is InChI=1S/C54H60F2N10O6/c1-2-72-41-30-44(50-38(31-57)33-60-66(50)34-41)36-8-15-48(59-32-36)65-21-17-54(18-22-65,62-52(70)45-29-39(55)9-13-46(45)56)53(71)58-19-5-3-4-6-20-63-23-25-64(26-24-63)40-10-11-42-37(28-40)27-35(7-14-47(42)67)43-12-16-49(68)61-51(43)69/h8-11,13,15,28-30,32-35,43H,2-7,12,14,16-27H2,1H3,(H,58,71)(H,62,70)(H,61,68,69). The van der Waals surface area contributed by atoms with Gasteiger partial charge >= 0.3 is 0 Å². The second-order valence-corrected chi connectivity index (χ2v) is 19.4. The highest BCUT2D eigenvalue weighted by atomic mass is 19.1. The molecule has 3 saturated heterocycles. The average Bonchev–Trinajstić information content (AvgIpc) is 3.73. The molecule has 0 bridgehead atoms. The van der Waals surface area contributed by atoms with Gasteiger partial charge in [-0.05, 0) is 124 Å². The van der Waals surface area contributed by atoms with Crippen LogP contribution in [0.5, 0.6) is 5.75 Å². The van der Waals surface area contributed by atoms with E-state index in [1.165, 1.54) is 6.20 Å². The fourth-order valence-electron chi connectivity index (χ4n) is 10.8. The highest BCUT2D eigenvalue weighted by Gasteiger charge is 2.43. The number of anilines is 2. The third-order valence-electron chi connectivity index (χ3n) is 14.9. The first-order valence-electron chi connectivity index (χ1n) is 25.2. The van der Waals surface area contributed by atoms with Crippen LogP contribution < -0.4 is 30.5 Å². The van der Waals surface area contributed by atoms with Crippen LogP contribution in [0.2, 0.25) is 0 Å². The summed E-state index contributed by atoms with van der Waals surface area (Å²) in [7, 11) is 0. The fourth-order valence-corrected chi connectivity index (χ4v) is 10.8. The Morgan fingerprint density at radius 2 is 1.69 bits per heavy atom. The lowest BCUT2D eigenvalue weighted by Gasteiger charge is -2.41. The number of rotatable bonds is 16. The van der Waals surface area contributed by atoms with Crippen molar-refractivity contribution in [1.29, 1.82) is 5.26 Å². The number of hydrogen-bond acceptors (Lipinski definition) is 12. The van der Waals surface area contributed by atoms with Gasteiger partial charge in [0.25, 0.3) is 5.91 Å². The van der Waals surface area contributed by atoms with Gasteiger partial charge in [-0.3, -0.25) is 34.2 Å². The smallest absolute Gasteiger partial charge is 0.255 e. The molecule has 3 fully saturated rings. The second-order valence-electron chi connectivity index (χ2n) is 19.4. The molecule has 5 aromatic rings. The summed E-state index contributed by atoms with van der Waals surface area (Å²) in [6.45, 7) is 7.86. The number of carbonyl (C=O) groups excluding carboxylic acids is 5. The molecule has 72 heavy (non-hydrogen) atoms. The summed E-state index contributed by atoms with van der Waals surface area (Å²) in [5, 5.41) is 22.4. The SMILES string of the molecule is CCOc1cc(-c2ccc(N3CCC(NC(=O)c4cc(F)ccc4F)(C(=O)NCCCCCCN4CCN(c5ccc6c(c5)CC(C5CCC(=O)NC5=O)CCC6=O)CC4)CC3)nc2)c2c(C#N)cnn2c1. The van der Waals surface area contributed by atoms with Gasteiger partial charge in [-0.2, -0.15) is 10.4 Å². The van der Waals surface area contributed by atoms with Gasteiger partial charge in [0.05, 0.1) is 35.6 Å². The predicted molar refractivity (Wildman–Crippen MR) is 266 cm³/mol. The third kappa shape index (κ3) is 11.0. The molecule has 16 nitrogen and oxygen atoms in total. The van der Waals surface area contributed by atoms with Gasteiger partial charge in [-0.1, -0.05) is 12.8 Å². The number of nitriles is 1. The lowest BCUT2D eigenvalue weighted by molar-refractivity contribution is -0.138. The maximum absolute atomic E-state index is 14.8. The molecule has 3 N–H and O–H groups in total. The first kappa shape index (κ1) is 49.7. The lowest BCUT2D eigenvalue weighted by Crippen LogP contribution is -2.63. The zero-order chi connectivity index (χ0) is 50.4. The number of piperidine rings is 2. The van der Waals surface area contributed by atoms with Crippen LogP contribution in [0.15, 0.2) is 73.2 Å².